The van der Waals surface area contributed by atoms with Gasteiger partial charge in [0.2, 0.25) is 5.91 Å². The number of ketones is 2. The minimum absolute atomic E-state index is 0.0412. The smallest absolute Gasteiger partial charge is 0.410 e. The molecule has 0 radical (unpaired) electrons. The summed E-state index contributed by atoms with van der Waals surface area (Å²) in [7, 11) is 1.60. The molecule has 0 spiro atoms. The molecule has 11 nitrogen and oxygen atoms in total. The fourth-order valence-electron chi connectivity index (χ4n) is 5.59. The quantitative estimate of drug-likeness (QED) is 0.261. The molecule has 2 aromatic carbocycles. The number of rotatable bonds is 9. The molecular weight excluding hydrogens is 685 g/mol. The summed E-state index contributed by atoms with van der Waals surface area (Å²) in [4.78, 5) is 66.8. The summed E-state index contributed by atoms with van der Waals surface area (Å²) in [5.74, 6) is 0.0541. The van der Waals surface area contributed by atoms with Gasteiger partial charge in [0.05, 0.1) is 20.2 Å². The molecule has 13 heteroatoms. The molecule has 1 atom stereocenters. The molecule has 2 aromatic rings. The van der Waals surface area contributed by atoms with Crippen molar-refractivity contribution in [1.29, 1.82) is 0 Å². The van der Waals surface area contributed by atoms with Crippen molar-refractivity contribution >= 4 is 52.9 Å². The van der Waals surface area contributed by atoms with E-state index in [1.54, 1.807) is 40.0 Å². The third-order valence-electron chi connectivity index (χ3n) is 8.08. The van der Waals surface area contributed by atoms with Crippen molar-refractivity contribution in [1.82, 2.24) is 14.7 Å². The maximum Gasteiger partial charge on any atom is 0.410 e. The largest absolute Gasteiger partial charge is 0.497 e. The number of carbonyl (C=O) groups excluding carboxylic acids is 5. The van der Waals surface area contributed by atoms with E-state index in [4.69, 9.17) is 37.4 Å². The minimum Gasteiger partial charge on any atom is -0.497 e. The number of ether oxygens (including phenoxy) is 3. The maximum absolute atomic E-state index is 14.0. The van der Waals surface area contributed by atoms with E-state index in [1.165, 1.54) is 14.7 Å². The van der Waals surface area contributed by atoms with E-state index in [2.05, 4.69) is 0 Å². The summed E-state index contributed by atoms with van der Waals surface area (Å²) in [5.41, 5.74) is -0.618. The average molecular weight is 735 g/mol. The zero-order chi connectivity index (χ0) is 37.3. The highest BCUT2D eigenvalue weighted by molar-refractivity contribution is 6.30. The lowest BCUT2D eigenvalue weighted by Gasteiger charge is -2.40. The number of alkyl halides is 1. The summed E-state index contributed by atoms with van der Waals surface area (Å²) < 4.78 is 15.9. The van der Waals surface area contributed by atoms with Crippen molar-refractivity contribution in [3.05, 3.63) is 64.7 Å². The molecule has 3 amide bonds. The first kappa shape index (κ1) is 40.6. The SMILES string of the molecule is CC(C)(C)OC(=O)N1CCC(=O)C1.COc1ccc(CCC(=O)C2(N(Cc3ccc(Cl)cc3)C(=O)CCl)CCN(C(=O)OC(C)(C)C)C2)cc1. The van der Waals surface area contributed by atoms with E-state index in [9.17, 15) is 24.0 Å². The van der Waals surface area contributed by atoms with Crippen LogP contribution in [0.3, 0.4) is 0 Å². The number of methoxy groups -OCH3 is 1. The van der Waals surface area contributed by atoms with Gasteiger partial charge in [-0.1, -0.05) is 35.9 Å². The molecule has 2 aliphatic heterocycles. The summed E-state index contributed by atoms with van der Waals surface area (Å²) in [6.07, 6.45) is 0.533. The van der Waals surface area contributed by atoms with Crippen molar-refractivity contribution in [3.8, 4) is 5.75 Å². The fourth-order valence-corrected chi connectivity index (χ4v) is 5.86. The van der Waals surface area contributed by atoms with Gasteiger partial charge in [-0.25, -0.2) is 9.59 Å². The van der Waals surface area contributed by atoms with Gasteiger partial charge in [-0.15, -0.1) is 11.6 Å². The Morgan fingerprint density at radius 1 is 0.840 bits per heavy atom. The van der Waals surface area contributed by atoms with Gasteiger partial charge < -0.3 is 28.9 Å². The number of carbonyl (C=O) groups is 5. The average Bonchev–Trinajstić information content (AvgIpc) is 3.70. The van der Waals surface area contributed by atoms with Crippen LogP contribution in [0.1, 0.15) is 71.9 Å². The lowest BCUT2D eigenvalue weighted by Crippen LogP contribution is -2.59. The predicted octanol–water partition coefficient (Wildman–Crippen LogP) is 6.69. The van der Waals surface area contributed by atoms with Crippen LogP contribution < -0.4 is 4.74 Å². The second kappa shape index (κ2) is 17.4. The Morgan fingerprint density at radius 3 is 1.90 bits per heavy atom. The van der Waals surface area contributed by atoms with Gasteiger partial charge in [0.1, 0.15) is 28.4 Å². The van der Waals surface area contributed by atoms with Crippen LogP contribution in [0.15, 0.2) is 48.5 Å². The van der Waals surface area contributed by atoms with Crippen molar-refractivity contribution in [2.45, 2.75) is 90.5 Å². The molecule has 2 fully saturated rings. The van der Waals surface area contributed by atoms with E-state index < -0.39 is 28.9 Å². The highest BCUT2D eigenvalue weighted by Gasteiger charge is 2.51. The molecule has 274 valence electrons. The molecule has 0 aromatic heterocycles. The molecule has 50 heavy (non-hydrogen) atoms. The molecule has 2 aliphatic rings. The minimum atomic E-state index is -1.23. The number of nitrogens with zero attached hydrogens (tertiary/aromatic N) is 3. The van der Waals surface area contributed by atoms with E-state index in [-0.39, 0.29) is 56.0 Å². The first-order valence-corrected chi connectivity index (χ1v) is 17.5. The summed E-state index contributed by atoms with van der Waals surface area (Å²) >= 11 is 12.1. The molecule has 0 saturated carbocycles. The number of likely N-dealkylation sites (tertiary alicyclic amines) is 2. The Labute approximate surface area is 305 Å². The molecule has 0 N–H and O–H groups in total. The normalized spacial score (nSPS) is 17.5. The summed E-state index contributed by atoms with van der Waals surface area (Å²) in [5, 5.41) is 0.571. The Morgan fingerprint density at radius 2 is 1.40 bits per heavy atom. The third kappa shape index (κ3) is 11.9. The lowest BCUT2D eigenvalue weighted by molar-refractivity contribution is -0.145. The highest BCUT2D eigenvalue weighted by Crippen LogP contribution is 2.34. The van der Waals surface area contributed by atoms with Crippen LogP contribution in [0.25, 0.3) is 0 Å². The molecule has 0 aliphatic carbocycles. The number of benzene rings is 2. The van der Waals surface area contributed by atoms with Crippen LogP contribution in [-0.2, 0) is 36.8 Å². The van der Waals surface area contributed by atoms with E-state index in [0.717, 1.165) is 16.9 Å². The fraction of sp³-hybridized carbons (Fsp3) is 0.541. The van der Waals surface area contributed by atoms with Crippen LogP contribution in [0, 0.1) is 0 Å². The predicted molar refractivity (Wildman–Crippen MR) is 192 cm³/mol. The lowest BCUT2D eigenvalue weighted by atomic mass is 9.86. The second-order valence-electron chi connectivity index (χ2n) is 14.4. The Kier molecular flexibility index (Phi) is 14.1. The van der Waals surface area contributed by atoms with Gasteiger partial charge in [-0.2, -0.15) is 0 Å². The topological polar surface area (TPSA) is 123 Å². The van der Waals surface area contributed by atoms with Gasteiger partial charge >= 0.3 is 12.2 Å². The summed E-state index contributed by atoms with van der Waals surface area (Å²) in [6, 6.07) is 14.6. The van der Waals surface area contributed by atoms with Crippen LogP contribution in [0.4, 0.5) is 9.59 Å². The first-order valence-electron chi connectivity index (χ1n) is 16.6. The highest BCUT2D eigenvalue weighted by atomic mass is 35.5. The molecule has 2 saturated heterocycles. The summed E-state index contributed by atoms with van der Waals surface area (Å²) in [6.45, 7) is 12.0. The standard InChI is InChI=1S/C28H34Cl2N2O5.C9H15NO3/c1-27(2,3)37-26(35)31-16-15-28(19-31,24(33)14-9-20-7-12-23(36-4)13-8-20)32(25(34)17-29)18-21-5-10-22(30)11-6-21;1-9(2,3)13-8(12)10-5-4-7(11)6-10/h5-8,10-13H,9,14-19H2,1-4H3;4-6H2,1-3H3. The molecule has 4 rings (SSSR count). The van der Waals surface area contributed by atoms with E-state index in [1.807, 2.05) is 57.2 Å². The zero-order valence-electron chi connectivity index (χ0n) is 30.1. The number of hydrogen-bond acceptors (Lipinski definition) is 8. The molecule has 0 bridgehead atoms. The Hall–Kier alpha value is -3.83. The van der Waals surface area contributed by atoms with Crippen LogP contribution >= 0.6 is 23.2 Å². The zero-order valence-corrected chi connectivity index (χ0v) is 31.6. The molecular formula is C37H49Cl2N3O8. The van der Waals surface area contributed by atoms with Crippen molar-refractivity contribution < 1.29 is 38.2 Å². The first-order chi connectivity index (χ1) is 23.4. The van der Waals surface area contributed by atoms with E-state index >= 15 is 0 Å². The Bertz CT molecular complexity index is 1500. The number of hydrogen-bond donors (Lipinski definition) is 0. The third-order valence-corrected chi connectivity index (χ3v) is 8.56. The monoisotopic (exact) mass is 733 g/mol. The van der Waals surface area contributed by atoms with Gasteiger partial charge in [0.15, 0.2) is 11.6 Å². The van der Waals surface area contributed by atoms with Crippen molar-refractivity contribution in [2.75, 3.05) is 39.2 Å². The van der Waals surface area contributed by atoms with E-state index in [0.29, 0.717) is 30.8 Å². The van der Waals surface area contributed by atoms with Gasteiger partial charge in [0.25, 0.3) is 0 Å². The van der Waals surface area contributed by atoms with Gasteiger partial charge in [0, 0.05) is 37.5 Å². The number of aryl methyl sites for hydroxylation is 1. The number of Topliss-reactive ketones (excluding diaryl/α,β-unsaturated/α-hetero) is 2. The number of halogens is 2. The molecule has 1 unspecified atom stereocenters. The molecule has 2 heterocycles. The van der Waals surface area contributed by atoms with Gasteiger partial charge in [-0.05, 0) is 89.8 Å². The maximum atomic E-state index is 14.0. The number of amides is 3. The van der Waals surface area contributed by atoms with Crippen molar-refractivity contribution in [2.24, 2.45) is 0 Å². The van der Waals surface area contributed by atoms with Crippen molar-refractivity contribution in [3.63, 3.8) is 0 Å². The Balaban J connectivity index is 0.000000436. The van der Waals surface area contributed by atoms with Crippen LogP contribution in [-0.4, -0.2) is 100 Å². The van der Waals surface area contributed by atoms with Crippen LogP contribution in [0.5, 0.6) is 5.75 Å². The second-order valence-corrected chi connectivity index (χ2v) is 15.1. The van der Waals surface area contributed by atoms with Gasteiger partial charge in [-0.3, -0.25) is 14.4 Å². The van der Waals surface area contributed by atoms with Crippen LogP contribution in [0.2, 0.25) is 5.02 Å².